The standard InChI is InChI=1S/C11H12N2O2.ClH/c14-10-8-1-4-13-7-9(8)11(15-10)2-5-12-6-3-11;/h1,4,7,12H,2-3,5-6H2;1H. The molecule has 4 nitrogen and oxygen atoms in total. The molecule has 1 aromatic rings. The lowest BCUT2D eigenvalue weighted by atomic mass is 9.85. The van der Waals surface area contributed by atoms with Gasteiger partial charge < -0.3 is 10.1 Å². The second-order valence-electron chi connectivity index (χ2n) is 4.06. The number of esters is 1. The van der Waals surface area contributed by atoms with Gasteiger partial charge in [0.15, 0.2) is 0 Å². The van der Waals surface area contributed by atoms with E-state index in [1.165, 1.54) is 0 Å². The highest BCUT2D eigenvalue weighted by Gasteiger charge is 2.46. The van der Waals surface area contributed by atoms with Crippen molar-refractivity contribution in [2.75, 3.05) is 13.1 Å². The molecular weight excluding hydrogens is 228 g/mol. The number of carbonyl (C=O) groups excluding carboxylic acids is 1. The molecule has 1 saturated heterocycles. The molecule has 0 radical (unpaired) electrons. The Labute approximate surface area is 99.8 Å². The molecule has 0 bridgehead atoms. The van der Waals surface area contributed by atoms with Crippen LogP contribution in [0, 0.1) is 0 Å². The summed E-state index contributed by atoms with van der Waals surface area (Å²) >= 11 is 0. The first-order valence-corrected chi connectivity index (χ1v) is 5.20. The van der Waals surface area contributed by atoms with Gasteiger partial charge in [0, 0.05) is 30.8 Å². The van der Waals surface area contributed by atoms with Crippen LogP contribution in [0.2, 0.25) is 0 Å². The Bertz CT molecular complexity index is 416. The fourth-order valence-corrected chi connectivity index (χ4v) is 2.42. The summed E-state index contributed by atoms with van der Waals surface area (Å²) in [6, 6.07) is 1.74. The minimum atomic E-state index is -0.397. The number of halogens is 1. The Morgan fingerprint density at radius 2 is 2.12 bits per heavy atom. The molecule has 1 aromatic heterocycles. The van der Waals surface area contributed by atoms with Crippen molar-refractivity contribution in [3.05, 3.63) is 29.6 Å². The van der Waals surface area contributed by atoms with Gasteiger partial charge in [-0.3, -0.25) is 4.98 Å². The number of ether oxygens (including phenoxy) is 1. The lowest BCUT2D eigenvalue weighted by Gasteiger charge is -2.32. The summed E-state index contributed by atoms with van der Waals surface area (Å²) in [7, 11) is 0. The average molecular weight is 241 g/mol. The largest absolute Gasteiger partial charge is 0.450 e. The summed E-state index contributed by atoms with van der Waals surface area (Å²) in [6.07, 6.45) is 5.10. The molecule has 1 spiro atoms. The minimum absolute atomic E-state index is 0. The molecule has 3 heterocycles. The van der Waals surface area contributed by atoms with Crippen molar-refractivity contribution in [2.45, 2.75) is 18.4 Å². The number of hydrogen-bond donors (Lipinski definition) is 1. The summed E-state index contributed by atoms with van der Waals surface area (Å²) < 4.78 is 5.54. The van der Waals surface area contributed by atoms with Gasteiger partial charge in [0.25, 0.3) is 0 Å². The van der Waals surface area contributed by atoms with E-state index in [4.69, 9.17) is 4.74 Å². The first kappa shape index (κ1) is 11.4. The molecule has 2 aliphatic rings. The zero-order chi connectivity index (χ0) is 10.3. The Morgan fingerprint density at radius 1 is 1.38 bits per heavy atom. The summed E-state index contributed by atoms with van der Waals surface area (Å²) in [5, 5.41) is 3.27. The van der Waals surface area contributed by atoms with Gasteiger partial charge in [-0.1, -0.05) is 0 Å². The van der Waals surface area contributed by atoms with Gasteiger partial charge in [-0.2, -0.15) is 0 Å². The maximum atomic E-state index is 11.7. The van der Waals surface area contributed by atoms with E-state index in [1.54, 1.807) is 18.5 Å². The van der Waals surface area contributed by atoms with Crippen LogP contribution in [0.3, 0.4) is 0 Å². The zero-order valence-electron chi connectivity index (χ0n) is 8.73. The van der Waals surface area contributed by atoms with Crippen molar-refractivity contribution in [1.82, 2.24) is 10.3 Å². The van der Waals surface area contributed by atoms with Crippen molar-refractivity contribution in [2.24, 2.45) is 0 Å². The predicted molar refractivity (Wildman–Crippen MR) is 60.7 cm³/mol. The Hall–Kier alpha value is -1.13. The van der Waals surface area contributed by atoms with Gasteiger partial charge in [-0.05, 0) is 19.2 Å². The van der Waals surface area contributed by atoms with Gasteiger partial charge in [0.1, 0.15) is 5.60 Å². The summed E-state index contributed by atoms with van der Waals surface area (Å²) in [5.41, 5.74) is 1.26. The first-order chi connectivity index (χ1) is 7.32. The molecule has 0 saturated carbocycles. The van der Waals surface area contributed by atoms with Crippen LogP contribution >= 0.6 is 12.4 Å². The minimum Gasteiger partial charge on any atom is -0.450 e. The van der Waals surface area contributed by atoms with Crippen LogP contribution in [0.1, 0.15) is 28.8 Å². The van der Waals surface area contributed by atoms with Crippen molar-refractivity contribution in [1.29, 1.82) is 0 Å². The highest BCUT2D eigenvalue weighted by atomic mass is 35.5. The smallest absolute Gasteiger partial charge is 0.339 e. The Kier molecular flexibility index (Phi) is 2.86. The Balaban J connectivity index is 0.000000963. The normalized spacial score (nSPS) is 21.1. The van der Waals surface area contributed by atoms with E-state index in [-0.39, 0.29) is 18.4 Å². The number of hydrogen-bond acceptors (Lipinski definition) is 4. The van der Waals surface area contributed by atoms with Crippen LogP contribution in [-0.2, 0) is 10.3 Å². The molecule has 0 aliphatic carbocycles. The zero-order valence-corrected chi connectivity index (χ0v) is 9.55. The molecule has 2 aliphatic heterocycles. The molecule has 3 rings (SSSR count). The monoisotopic (exact) mass is 240 g/mol. The number of nitrogens with zero attached hydrogens (tertiary/aromatic N) is 1. The molecule has 0 unspecified atom stereocenters. The van der Waals surface area contributed by atoms with Crippen LogP contribution in [0.5, 0.6) is 0 Å². The van der Waals surface area contributed by atoms with E-state index in [2.05, 4.69) is 10.3 Å². The molecular formula is C11H13ClN2O2. The Morgan fingerprint density at radius 3 is 2.88 bits per heavy atom. The second kappa shape index (κ2) is 4.03. The number of nitrogens with one attached hydrogen (secondary N) is 1. The third-order valence-corrected chi connectivity index (χ3v) is 3.23. The highest BCUT2D eigenvalue weighted by molar-refractivity contribution is 5.94. The van der Waals surface area contributed by atoms with Crippen LogP contribution < -0.4 is 5.32 Å². The molecule has 0 aromatic carbocycles. The van der Waals surface area contributed by atoms with Crippen molar-refractivity contribution < 1.29 is 9.53 Å². The molecule has 16 heavy (non-hydrogen) atoms. The lowest BCUT2D eigenvalue weighted by Crippen LogP contribution is -2.40. The third-order valence-electron chi connectivity index (χ3n) is 3.23. The molecule has 1 fully saturated rings. The number of carbonyl (C=O) groups is 1. The highest BCUT2D eigenvalue weighted by Crippen LogP contribution is 2.42. The molecule has 86 valence electrons. The first-order valence-electron chi connectivity index (χ1n) is 5.20. The third kappa shape index (κ3) is 1.49. The molecule has 0 amide bonds. The molecule has 1 N–H and O–H groups in total. The fraction of sp³-hybridized carbons (Fsp3) is 0.455. The maximum Gasteiger partial charge on any atom is 0.339 e. The second-order valence-corrected chi connectivity index (χ2v) is 4.06. The quantitative estimate of drug-likeness (QED) is 0.694. The number of piperidine rings is 1. The molecule has 0 atom stereocenters. The summed E-state index contributed by atoms with van der Waals surface area (Å²) in [5.74, 6) is -0.200. The topological polar surface area (TPSA) is 51.2 Å². The van der Waals surface area contributed by atoms with E-state index in [0.29, 0.717) is 5.56 Å². The van der Waals surface area contributed by atoms with Gasteiger partial charge in [0.2, 0.25) is 0 Å². The van der Waals surface area contributed by atoms with E-state index >= 15 is 0 Å². The van der Waals surface area contributed by atoms with E-state index in [1.807, 2.05) is 0 Å². The van der Waals surface area contributed by atoms with Crippen LogP contribution in [0.25, 0.3) is 0 Å². The van der Waals surface area contributed by atoms with Gasteiger partial charge in [0.05, 0.1) is 5.56 Å². The maximum absolute atomic E-state index is 11.7. The predicted octanol–water partition coefficient (Wildman–Crippen LogP) is 1.25. The van der Waals surface area contributed by atoms with Crippen molar-refractivity contribution >= 4 is 18.4 Å². The van der Waals surface area contributed by atoms with Crippen LogP contribution in [0.4, 0.5) is 0 Å². The van der Waals surface area contributed by atoms with E-state index in [9.17, 15) is 4.79 Å². The number of rotatable bonds is 0. The average Bonchev–Trinajstić information content (AvgIpc) is 2.55. The van der Waals surface area contributed by atoms with E-state index in [0.717, 1.165) is 31.5 Å². The molecule has 5 heteroatoms. The number of fused-ring (bicyclic) bond motifs is 2. The van der Waals surface area contributed by atoms with Gasteiger partial charge in [-0.15, -0.1) is 12.4 Å². The van der Waals surface area contributed by atoms with Crippen LogP contribution in [0.15, 0.2) is 18.5 Å². The fourth-order valence-electron chi connectivity index (χ4n) is 2.42. The summed E-state index contributed by atoms with van der Waals surface area (Å²) in [6.45, 7) is 1.78. The lowest BCUT2D eigenvalue weighted by molar-refractivity contribution is -0.0242. The van der Waals surface area contributed by atoms with Gasteiger partial charge in [-0.25, -0.2) is 4.79 Å². The SMILES string of the molecule is Cl.O=C1OC2(CCNCC2)c2cnccc21. The van der Waals surface area contributed by atoms with E-state index < -0.39 is 5.60 Å². The van der Waals surface area contributed by atoms with Crippen LogP contribution in [-0.4, -0.2) is 24.0 Å². The number of aromatic nitrogens is 1. The van der Waals surface area contributed by atoms with Crippen molar-refractivity contribution in [3.8, 4) is 0 Å². The van der Waals surface area contributed by atoms with Gasteiger partial charge >= 0.3 is 5.97 Å². The summed E-state index contributed by atoms with van der Waals surface area (Å²) in [4.78, 5) is 15.8. The van der Waals surface area contributed by atoms with Crippen molar-refractivity contribution in [3.63, 3.8) is 0 Å². The number of pyridine rings is 1.